The predicted molar refractivity (Wildman–Crippen MR) is 76.7 cm³/mol. The minimum atomic E-state index is 0.206. The first kappa shape index (κ1) is 14.7. The Balaban J connectivity index is 2.46. The van der Waals surface area contributed by atoms with Crippen molar-refractivity contribution in [3.05, 3.63) is 12.4 Å². The number of nitrogens with one attached hydrogen (secondary N) is 2. The normalized spacial score (nSPS) is 13.2. The number of hydrogen-bond acceptors (Lipinski definition) is 5. The molecule has 0 radical (unpaired) electrons. The van der Waals surface area contributed by atoms with Gasteiger partial charge in [0.15, 0.2) is 0 Å². The summed E-state index contributed by atoms with van der Waals surface area (Å²) in [6, 6.07) is 2.13. The van der Waals surface area contributed by atoms with Gasteiger partial charge in [-0.3, -0.25) is 0 Å². The monoisotopic (exact) mass is 251 g/mol. The lowest BCUT2D eigenvalue weighted by Crippen LogP contribution is -2.20. The molecule has 18 heavy (non-hydrogen) atoms. The fourth-order valence-electron chi connectivity index (χ4n) is 1.33. The topological polar surface area (TPSA) is 75.9 Å². The van der Waals surface area contributed by atoms with Gasteiger partial charge in [-0.25, -0.2) is 9.97 Å². The second-order valence-electron chi connectivity index (χ2n) is 5.90. The highest BCUT2D eigenvalue weighted by Crippen LogP contribution is 2.15. The molecule has 0 spiro atoms. The SMILES string of the molecule is CC(N)CCNc1cc(NCC(C)(C)C)ncn1. The molecule has 102 valence electrons. The summed E-state index contributed by atoms with van der Waals surface area (Å²) in [5, 5.41) is 6.55. The van der Waals surface area contributed by atoms with Crippen LogP contribution >= 0.6 is 0 Å². The van der Waals surface area contributed by atoms with E-state index in [4.69, 9.17) is 5.73 Å². The molecule has 4 N–H and O–H groups in total. The van der Waals surface area contributed by atoms with Crippen molar-refractivity contribution < 1.29 is 0 Å². The summed E-state index contributed by atoms with van der Waals surface area (Å²) in [5.74, 6) is 1.69. The van der Waals surface area contributed by atoms with E-state index in [1.807, 2.05) is 13.0 Å². The van der Waals surface area contributed by atoms with Crippen LogP contribution in [0.1, 0.15) is 34.1 Å². The van der Waals surface area contributed by atoms with Gasteiger partial charge in [-0.05, 0) is 18.8 Å². The zero-order valence-corrected chi connectivity index (χ0v) is 11.8. The average Bonchev–Trinajstić information content (AvgIpc) is 2.26. The van der Waals surface area contributed by atoms with E-state index < -0.39 is 0 Å². The van der Waals surface area contributed by atoms with E-state index in [2.05, 4.69) is 41.4 Å². The predicted octanol–water partition coefficient (Wildman–Crippen LogP) is 2.08. The molecule has 0 saturated carbocycles. The molecule has 0 aromatic carbocycles. The van der Waals surface area contributed by atoms with Crippen LogP contribution in [0, 0.1) is 5.41 Å². The Bertz CT molecular complexity index is 357. The number of nitrogens with two attached hydrogens (primary N) is 1. The molecule has 0 aliphatic carbocycles. The van der Waals surface area contributed by atoms with Crippen LogP contribution < -0.4 is 16.4 Å². The summed E-state index contributed by atoms with van der Waals surface area (Å²) in [6.07, 6.45) is 2.49. The molecule has 1 aromatic rings. The van der Waals surface area contributed by atoms with Crippen molar-refractivity contribution in [3.63, 3.8) is 0 Å². The van der Waals surface area contributed by atoms with Crippen LogP contribution in [0.4, 0.5) is 11.6 Å². The fraction of sp³-hybridized carbons (Fsp3) is 0.692. The first-order valence-corrected chi connectivity index (χ1v) is 6.42. The third kappa shape index (κ3) is 6.39. The second kappa shape index (κ2) is 6.54. The Morgan fingerprint density at radius 3 is 2.39 bits per heavy atom. The van der Waals surface area contributed by atoms with E-state index in [-0.39, 0.29) is 11.5 Å². The number of aromatic nitrogens is 2. The Kier molecular flexibility index (Phi) is 5.34. The highest BCUT2D eigenvalue weighted by atomic mass is 15.1. The number of rotatable bonds is 6. The molecule has 5 nitrogen and oxygen atoms in total. The standard InChI is InChI=1S/C13H25N5/c1-10(14)5-6-15-11-7-12(18-9-17-11)16-8-13(2,3)4/h7,9-10H,5-6,8,14H2,1-4H3,(H2,15,16,17,18). The van der Waals surface area contributed by atoms with Gasteiger partial charge >= 0.3 is 0 Å². The van der Waals surface area contributed by atoms with Crippen molar-refractivity contribution in [3.8, 4) is 0 Å². The zero-order chi connectivity index (χ0) is 13.6. The van der Waals surface area contributed by atoms with Crippen molar-refractivity contribution in [1.82, 2.24) is 9.97 Å². The molecule has 5 heteroatoms. The van der Waals surface area contributed by atoms with Crippen LogP contribution in [0.25, 0.3) is 0 Å². The summed E-state index contributed by atoms with van der Waals surface area (Å²) >= 11 is 0. The Hall–Kier alpha value is -1.36. The Morgan fingerprint density at radius 1 is 1.22 bits per heavy atom. The minimum Gasteiger partial charge on any atom is -0.370 e. The van der Waals surface area contributed by atoms with Gasteiger partial charge in [0, 0.05) is 25.2 Å². The van der Waals surface area contributed by atoms with Crippen LogP contribution in [-0.4, -0.2) is 29.1 Å². The van der Waals surface area contributed by atoms with Crippen molar-refractivity contribution in [2.24, 2.45) is 11.1 Å². The largest absolute Gasteiger partial charge is 0.370 e. The van der Waals surface area contributed by atoms with Crippen LogP contribution in [0.15, 0.2) is 12.4 Å². The van der Waals surface area contributed by atoms with Gasteiger partial charge < -0.3 is 16.4 Å². The van der Waals surface area contributed by atoms with Crippen LogP contribution in [0.3, 0.4) is 0 Å². The molecule has 1 heterocycles. The maximum Gasteiger partial charge on any atom is 0.131 e. The maximum absolute atomic E-state index is 5.70. The first-order valence-electron chi connectivity index (χ1n) is 6.42. The molecular weight excluding hydrogens is 226 g/mol. The van der Waals surface area contributed by atoms with Gasteiger partial charge in [0.05, 0.1) is 0 Å². The molecule has 0 aliphatic rings. The van der Waals surface area contributed by atoms with Crippen molar-refractivity contribution in [1.29, 1.82) is 0 Å². The summed E-state index contributed by atoms with van der Waals surface area (Å²) in [5.41, 5.74) is 5.93. The average molecular weight is 251 g/mol. The fourth-order valence-corrected chi connectivity index (χ4v) is 1.33. The molecular formula is C13H25N5. The van der Waals surface area contributed by atoms with E-state index in [0.717, 1.165) is 31.1 Å². The minimum absolute atomic E-state index is 0.206. The highest BCUT2D eigenvalue weighted by molar-refractivity contribution is 5.46. The smallest absolute Gasteiger partial charge is 0.131 e. The third-order valence-corrected chi connectivity index (χ3v) is 2.37. The summed E-state index contributed by atoms with van der Waals surface area (Å²) in [7, 11) is 0. The first-order chi connectivity index (χ1) is 8.37. The molecule has 1 unspecified atom stereocenters. The number of anilines is 2. The lowest BCUT2D eigenvalue weighted by Gasteiger charge is -2.19. The van der Waals surface area contributed by atoms with Gasteiger partial charge in [0.2, 0.25) is 0 Å². The van der Waals surface area contributed by atoms with E-state index in [0.29, 0.717) is 0 Å². The molecule has 0 aliphatic heterocycles. The Morgan fingerprint density at radius 2 is 1.83 bits per heavy atom. The summed E-state index contributed by atoms with van der Waals surface area (Å²) in [4.78, 5) is 8.38. The van der Waals surface area contributed by atoms with Crippen LogP contribution in [0.5, 0.6) is 0 Å². The number of nitrogens with zero attached hydrogens (tertiary/aromatic N) is 2. The summed E-state index contributed by atoms with van der Waals surface area (Å²) in [6.45, 7) is 10.3. The lowest BCUT2D eigenvalue weighted by molar-refractivity contribution is 0.442. The number of hydrogen-bond donors (Lipinski definition) is 3. The molecule has 0 bridgehead atoms. The molecule has 1 rings (SSSR count). The zero-order valence-electron chi connectivity index (χ0n) is 11.8. The van der Waals surface area contributed by atoms with Crippen molar-refractivity contribution in [2.45, 2.75) is 40.2 Å². The summed E-state index contributed by atoms with van der Waals surface area (Å²) < 4.78 is 0. The molecule has 1 aromatic heterocycles. The quantitative estimate of drug-likeness (QED) is 0.721. The third-order valence-electron chi connectivity index (χ3n) is 2.37. The van der Waals surface area contributed by atoms with Crippen LogP contribution in [-0.2, 0) is 0 Å². The van der Waals surface area contributed by atoms with E-state index in [1.54, 1.807) is 6.33 Å². The van der Waals surface area contributed by atoms with Gasteiger partial charge in [0.25, 0.3) is 0 Å². The highest BCUT2D eigenvalue weighted by Gasteiger charge is 2.09. The molecule has 0 saturated heterocycles. The molecule has 0 amide bonds. The van der Waals surface area contributed by atoms with Gasteiger partial charge in [-0.1, -0.05) is 20.8 Å². The van der Waals surface area contributed by atoms with E-state index in [9.17, 15) is 0 Å². The lowest BCUT2D eigenvalue weighted by atomic mass is 9.97. The van der Waals surface area contributed by atoms with Gasteiger partial charge in [-0.2, -0.15) is 0 Å². The van der Waals surface area contributed by atoms with E-state index >= 15 is 0 Å². The van der Waals surface area contributed by atoms with Crippen molar-refractivity contribution >= 4 is 11.6 Å². The van der Waals surface area contributed by atoms with Gasteiger partial charge in [0.1, 0.15) is 18.0 Å². The van der Waals surface area contributed by atoms with Gasteiger partial charge in [-0.15, -0.1) is 0 Å². The maximum atomic E-state index is 5.70. The Labute approximate surface area is 110 Å². The molecule has 1 atom stereocenters. The molecule has 0 fully saturated rings. The van der Waals surface area contributed by atoms with Crippen LogP contribution in [0.2, 0.25) is 0 Å². The van der Waals surface area contributed by atoms with Crippen molar-refractivity contribution in [2.75, 3.05) is 23.7 Å². The van der Waals surface area contributed by atoms with E-state index in [1.165, 1.54) is 0 Å². The second-order valence-corrected chi connectivity index (χ2v) is 5.90.